The van der Waals surface area contributed by atoms with E-state index in [2.05, 4.69) is 29.7 Å². The van der Waals surface area contributed by atoms with Gasteiger partial charge in [0.15, 0.2) is 11.3 Å². The minimum atomic E-state index is -1.35. The van der Waals surface area contributed by atoms with E-state index in [9.17, 15) is 14.7 Å². The second-order valence-corrected chi connectivity index (χ2v) is 10.2. The third-order valence-corrected chi connectivity index (χ3v) is 8.15. The number of rotatable bonds is 6. The summed E-state index contributed by atoms with van der Waals surface area (Å²) in [6.07, 6.45) is 5.10. The average molecular weight is 441 g/mol. The van der Waals surface area contributed by atoms with E-state index in [0.29, 0.717) is 26.1 Å². The highest BCUT2D eigenvalue weighted by Gasteiger charge is 2.38. The van der Waals surface area contributed by atoms with Crippen LogP contribution >= 0.6 is 11.8 Å². The van der Waals surface area contributed by atoms with Crippen molar-refractivity contribution in [3.05, 3.63) is 0 Å². The zero-order valence-electron chi connectivity index (χ0n) is 18.4. The van der Waals surface area contributed by atoms with E-state index in [1.165, 1.54) is 6.42 Å². The Kier molecular flexibility index (Phi) is 8.04. The maximum absolute atomic E-state index is 12.8. The summed E-state index contributed by atoms with van der Waals surface area (Å²) in [5.41, 5.74) is 2.48. The van der Waals surface area contributed by atoms with Crippen molar-refractivity contribution in [2.45, 2.75) is 76.5 Å². The second kappa shape index (κ2) is 10.3. The topological polar surface area (TPSA) is 103 Å². The number of hydrogen-bond donors (Lipinski definition) is 3. The lowest BCUT2D eigenvalue weighted by atomic mass is 9.85. The van der Waals surface area contributed by atoms with Crippen molar-refractivity contribution >= 4 is 28.7 Å². The smallest absolute Gasteiger partial charge is 0.271 e. The summed E-state index contributed by atoms with van der Waals surface area (Å²) in [6, 6.07) is -0.631. The quantitative estimate of drug-likeness (QED) is 0.543. The molecule has 1 saturated carbocycles. The molecule has 2 atom stereocenters. The van der Waals surface area contributed by atoms with Gasteiger partial charge in [0.05, 0.1) is 6.04 Å². The molecule has 8 nitrogen and oxygen atoms in total. The van der Waals surface area contributed by atoms with Gasteiger partial charge in [-0.3, -0.25) is 9.59 Å². The average Bonchev–Trinajstić information content (AvgIpc) is 3.03. The standard InChI is InChI=1S/C21H36N4O4S/c1-21(2)13-30-20(25(21)3)24-23-19(28)17(26)16(14-9-11-29-12-10-14)22-18(27)15-7-5-4-6-8-15/h14-17,26H,4-13H2,1-3H3,(H,22,27)(H,23,28). The molecule has 9 heteroatoms. The van der Waals surface area contributed by atoms with Crippen molar-refractivity contribution in [2.75, 3.05) is 26.0 Å². The molecule has 30 heavy (non-hydrogen) atoms. The van der Waals surface area contributed by atoms with Crippen LogP contribution in [0.2, 0.25) is 0 Å². The van der Waals surface area contributed by atoms with Gasteiger partial charge in [0.25, 0.3) is 5.91 Å². The largest absolute Gasteiger partial charge is 0.381 e. The fraction of sp³-hybridized carbons (Fsp3) is 0.857. The number of ether oxygens (including phenoxy) is 1. The minimum absolute atomic E-state index is 0.00200. The first-order chi connectivity index (χ1) is 14.3. The van der Waals surface area contributed by atoms with E-state index in [0.717, 1.165) is 36.6 Å². The summed E-state index contributed by atoms with van der Waals surface area (Å²) in [7, 11) is 1.94. The number of hydrogen-bond acceptors (Lipinski definition) is 6. The number of aliphatic hydroxyl groups is 1. The molecule has 2 unspecified atom stereocenters. The zero-order valence-corrected chi connectivity index (χ0v) is 19.2. The highest BCUT2D eigenvalue weighted by atomic mass is 32.2. The van der Waals surface area contributed by atoms with Gasteiger partial charge in [0.1, 0.15) is 0 Å². The lowest BCUT2D eigenvalue weighted by Crippen LogP contribution is -2.55. The van der Waals surface area contributed by atoms with Crippen molar-refractivity contribution in [3.8, 4) is 0 Å². The summed E-state index contributed by atoms with van der Waals surface area (Å²) in [4.78, 5) is 27.6. The van der Waals surface area contributed by atoms with Crippen LogP contribution < -0.4 is 10.7 Å². The van der Waals surface area contributed by atoms with Crippen LogP contribution in [0.15, 0.2) is 5.10 Å². The van der Waals surface area contributed by atoms with Gasteiger partial charge >= 0.3 is 0 Å². The van der Waals surface area contributed by atoms with Crippen molar-refractivity contribution in [2.24, 2.45) is 16.9 Å². The number of nitrogens with one attached hydrogen (secondary N) is 2. The zero-order chi connectivity index (χ0) is 21.7. The van der Waals surface area contributed by atoms with Gasteiger partial charge in [-0.1, -0.05) is 31.0 Å². The number of thioether (sulfide) groups is 1. The Morgan fingerprint density at radius 3 is 2.47 bits per heavy atom. The fourth-order valence-electron chi connectivity index (χ4n) is 4.31. The maximum Gasteiger partial charge on any atom is 0.271 e. The Labute approximate surface area is 183 Å². The van der Waals surface area contributed by atoms with Crippen LogP contribution in [0.1, 0.15) is 58.8 Å². The molecule has 2 heterocycles. The molecular weight excluding hydrogens is 404 g/mol. The third-order valence-electron chi connectivity index (χ3n) is 6.68. The number of amidine groups is 1. The summed E-state index contributed by atoms with van der Waals surface area (Å²) < 4.78 is 5.43. The van der Waals surface area contributed by atoms with Crippen LogP contribution in [-0.2, 0) is 14.3 Å². The summed E-state index contributed by atoms with van der Waals surface area (Å²) in [6.45, 7) is 5.38. The number of hydrazone groups is 1. The maximum atomic E-state index is 12.8. The molecule has 0 aromatic carbocycles. The van der Waals surface area contributed by atoms with Crippen LogP contribution in [0.3, 0.4) is 0 Å². The van der Waals surface area contributed by atoms with Gasteiger partial charge in [-0.2, -0.15) is 0 Å². The highest BCUT2D eigenvalue weighted by Crippen LogP contribution is 2.30. The van der Waals surface area contributed by atoms with Crippen LogP contribution in [-0.4, -0.2) is 70.7 Å². The third kappa shape index (κ3) is 5.68. The molecule has 3 aliphatic rings. The molecule has 0 aromatic heterocycles. The molecule has 0 bridgehead atoms. The normalized spacial score (nSPS) is 26.4. The van der Waals surface area contributed by atoms with Crippen molar-refractivity contribution < 1.29 is 19.4 Å². The fourth-order valence-corrected chi connectivity index (χ4v) is 5.54. The van der Waals surface area contributed by atoms with Gasteiger partial charge in [-0.05, 0) is 45.4 Å². The van der Waals surface area contributed by atoms with Crippen LogP contribution in [0.25, 0.3) is 0 Å². The highest BCUT2D eigenvalue weighted by molar-refractivity contribution is 8.14. The van der Waals surface area contributed by atoms with E-state index in [-0.39, 0.29) is 23.3 Å². The van der Waals surface area contributed by atoms with Crippen LogP contribution in [0.5, 0.6) is 0 Å². The molecule has 2 amide bonds. The number of amides is 2. The second-order valence-electron chi connectivity index (χ2n) is 9.29. The molecule has 2 aliphatic heterocycles. The molecule has 3 rings (SSSR count). The lowest BCUT2D eigenvalue weighted by Gasteiger charge is -2.34. The molecule has 0 spiro atoms. The number of carbonyl (C=O) groups is 2. The molecule has 2 saturated heterocycles. The summed E-state index contributed by atoms with van der Waals surface area (Å²) >= 11 is 1.57. The molecular formula is C21H36N4O4S. The first-order valence-electron chi connectivity index (χ1n) is 11.1. The van der Waals surface area contributed by atoms with E-state index in [4.69, 9.17) is 4.74 Å². The number of nitrogens with zero attached hydrogens (tertiary/aromatic N) is 2. The van der Waals surface area contributed by atoms with Gasteiger partial charge < -0.3 is 20.1 Å². The van der Waals surface area contributed by atoms with E-state index in [1.54, 1.807) is 11.8 Å². The number of carbonyl (C=O) groups excluding carboxylic acids is 2. The van der Waals surface area contributed by atoms with Gasteiger partial charge in [-0.25, -0.2) is 5.43 Å². The van der Waals surface area contributed by atoms with Crippen molar-refractivity contribution in [3.63, 3.8) is 0 Å². The molecule has 1 aliphatic carbocycles. The molecule has 3 fully saturated rings. The Hall–Kier alpha value is -1.32. The summed E-state index contributed by atoms with van der Waals surface area (Å²) in [5, 5.41) is 18.8. The van der Waals surface area contributed by atoms with Crippen LogP contribution in [0.4, 0.5) is 0 Å². The SMILES string of the molecule is CN1C(=NNC(=O)C(O)C(NC(=O)C2CCCCC2)C2CCOCC2)SCC1(C)C. The van der Waals surface area contributed by atoms with Gasteiger partial charge in [-0.15, -0.1) is 5.10 Å². The van der Waals surface area contributed by atoms with Gasteiger partial charge in [0, 0.05) is 37.5 Å². The Balaban J connectivity index is 1.65. The molecule has 3 N–H and O–H groups in total. The Bertz CT molecular complexity index is 645. The van der Waals surface area contributed by atoms with E-state index < -0.39 is 18.1 Å². The predicted molar refractivity (Wildman–Crippen MR) is 118 cm³/mol. The van der Waals surface area contributed by atoms with Gasteiger partial charge in [0.2, 0.25) is 5.91 Å². The predicted octanol–water partition coefficient (Wildman–Crippen LogP) is 1.68. The monoisotopic (exact) mass is 440 g/mol. The molecule has 0 radical (unpaired) electrons. The summed E-state index contributed by atoms with van der Waals surface area (Å²) in [5.74, 6) is 0.228. The van der Waals surface area contributed by atoms with E-state index in [1.807, 2.05) is 11.9 Å². The molecule has 0 aromatic rings. The van der Waals surface area contributed by atoms with Crippen molar-refractivity contribution in [1.29, 1.82) is 0 Å². The Morgan fingerprint density at radius 1 is 1.20 bits per heavy atom. The number of aliphatic hydroxyl groups excluding tert-OH is 1. The van der Waals surface area contributed by atoms with Crippen LogP contribution in [0, 0.1) is 11.8 Å². The molecule has 170 valence electrons. The lowest BCUT2D eigenvalue weighted by molar-refractivity contribution is -0.135. The first kappa shape index (κ1) is 23.3. The first-order valence-corrected chi connectivity index (χ1v) is 12.1. The van der Waals surface area contributed by atoms with Crippen molar-refractivity contribution in [1.82, 2.24) is 15.6 Å². The minimum Gasteiger partial charge on any atom is -0.381 e. The van der Waals surface area contributed by atoms with E-state index >= 15 is 0 Å². The Morgan fingerprint density at radius 2 is 1.87 bits per heavy atom.